The van der Waals surface area contributed by atoms with Gasteiger partial charge in [-0.15, -0.1) is 0 Å². The highest BCUT2D eigenvalue weighted by molar-refractivity contribution is 7.91. The maximum Gasteiger partial charge on any atom is 0.224 e. The van der Waals surface area contributed by atoms with E-state index in [9.17, 15) is 13.2 Å². The first-order valence-corrected chi connectivity index (χ1v) is 6.38. The minimum atomic E-state index is -3.01. The molecule has 14 heavy (non-hydrogen) atoms. The maximum atomic E-state index is 11.4. The SMILES string of the molecule is C[C@@H](CO)NC(=O)C1CCS(=O)(=O)C1. The Hall–Kier alpha value is -0.620. The van der Waals surface area contributed by atoms with Crippen LogP contribution in [0.25, 0.3) is 0 Å². The zero-order valence-corrected chi connectivity index (χ0v) is 8.88. The molecule has 6 heteroatoms. The van der Waals surface area contributed by atoms with Gasteiger partial charge in [-0.2, -0.15) is 0 Å². The number of rotatable bonds is 3. The van der Waals surface area contributed by atoms with Crippen molar-refractivity contribution < 1.29 is 18.3 Å². The lowest BCUT2D eigenvalue weighted by molar-refractivity contribution is -0.125. The molecule has 0 aromatic rings. The lowest BCUT2D eigenvalue weighted by Gasteiger charge is -2.13. The van der Waals surface area contributed by atoms with Gasteiger partial charge < -0.3 is 10.4 Å². The van der Waals surface area contributed by atoms with Crippen LogP contribution in [0.1, 0.15) is 13.3 Å². The Morgan fingerprint density at radius 2 is 2.29 bits per heavy atom. The van der Waals surface area contributed by atoms with Crippen LogP contribution in [0.2, 0.25) is 0 Å². The van der Waals surface area contributed by atoms with Crippen molar-refractivity contribution in [3.63, 3.8) is 0 Å². The molecule has 82 valence electrons. The van der Waals surface area contributed by atoms with E-state index in [-0.39, 0.29) is 30.1 Å². The molecule has 1 aliphatic heterocycles. The molecule has 0 radical (unpaired) electrons. The summed E-state index contributed by atoms with van der Waals surface area (Å²) in [5, 5.41) is 11.3. The highest BCUT2D eigenvalue weighted by Gasteiger charge is 2.33. The lowest BCUT2D eigenvalue weighted by atomic mass is 10.1. The van der Waals surface area contributed by atoms with Crippen molar-refractivity contribution in [2.24, 2.45) is 5.92 Å². The standard InChI is InChI=1S/C8H15NO4S/c1-6(4-10)9-8(11)7-2-3-14(12,13)5-7/h6-7,10H,2-5H2,1H3,(H,9,11)/t6-,7?/m0/s1. The van der Waals surface area contributed by atoms with E-state index in [1.807, 2.05) is 0 Å². The van der Waals surface area contributed by atoms with E-state index in [1.165, 1.54) is 0 Å². The van der Waals surface area contributed by atoms with Crippen LogP contribution in [-0.4, -0.2) is 43.6 Å². The second-order valence-electron chi connectivity index (χ2n) is 3.69. The number of carbonyl (C=O) groups is 1. The fraction of sp³-hybridized carbons (Fsp3) is 0.875. The summed E-state index contributed by atoms with van der Waals surface area (Å²) in [6.45, 7) is 1.53. The number of nitrogens with one attached hydrogen (secondary N) is 1. The lowest BCUT2D eigenvalue weighted by Crippen LogP contribution is -2.39. The molecular formula is C8H15NO4S. The molecule has 1 heterocycles. The van der Waals surface area contributed by atoms with E-state index >= 15 is 0 Å². The Bertz CT molecular complexity index is 311. The minimum Gasteiger partial charge on any atom is -0.394 e. The third-order valence-electron chi connectivity index (χ3n) is 2.27. The molecule has 1 rings (SSSR count). The highest BCUT2D eigenvalue weighted by Crippen LogP contribution is 2.18. The van der Waals surface area contributed by atoms with Gasteiger partial charge in [-0.3, -0.25) is 4.79 Å². The Labute approximate surface area is 83.4 Å². The van der Waals surface area contributed by atoms with Crippen LogP contribution < -0.4 is 5.32 Å². The van der Waals surface area contributed by atoms with Gasteiger partial charge in [-0.25, -0.2) is 8.42 Å². The summed E-state index contributed by atoms with van der Waals surface area (Å²) in [4.78, 5) is 11.4. The summed E-state index contributed by atoms with van der Waals surface area (Å²) in [6, 6.07) is -0.314. The van der Waals surface area contributed by atoms with Gasteiger partial charge in [0.2, 0.25) is 5.91 Å². The van der Waals surface area contributed by atoms with Crippen LogP contribution in [-0.2, 0) is 14.6 Å². The third-order valence-corrected chi connectivity index (χ3v) is 4.03. The molecule has 0 aliphatic carbocycles. The smallest absolute Gasteiger partial charge is 0.224 e. The van der Waals surface area contributed by atoms with Crippen LogP contribution in [0.5, 0.6) is 0 Å². The van der Waals surface area contributed by atoms with Crippen LogP contribution in [0, 0.1) is 5.92 Å². The molecule has 5 nitrogen and oxygen atoms in total. The number of sulfone groups is 1. The average Bonchev–Trinajstić information content (AvgIpc) is 2.46. The summed E-state index contributed by atoms with van der Waals surface area (Å²) >= 11 is 0. The van der Waals surface area contributed by atoms with Gasteiger partial charge in [0.15, 0.2) is 9.84 Å². The molecule has 0 saturated carbocycles. The van der Waals surface area contributed by atoms with Crippen molar-refractivity contribution in [2.45, 2.75) is 19.4 Å². The summed E-state index contributed by atoms with van der Waals surface area (Å²) in [5.74, 6) is -0.670. The number of hydrogen-bond donors (Lipinski definition) is 2. The number of aliphatic hydroxyl groups is 1. The van der Waals surface area contributed by atoms with Crippen LogP contribution in [0.4, 0.5) is 0 Å². The van der Waals surface area contributed by atoms with Crippen LogP contribution in [0.3, 0.4) is 0 Å². The molecule has 1 fully saturated rings. The quantitative estimate of drug-likeness (QED) is 0.635. The molecule has 0 bridgehead atoms. The predicted octanol–water partition coefficient (Wildman–Crippen LogP) is -1.08. The highest BCUT2D eigenvalue weighted by atomic mass is 32.2. The fourth-order valence-electron chi connectivity index (χ4n) is 1.41. The van der Waals surface area contributed by atoms with Gasteiger partial charge in [0.1, 0.15) is 0 Å². The van der Waals surface area contributed by atoms with E-state index in [4.69, 9.17) is 5.11 Å². The third kappa shape index (κ3) is 2.95. The first-order valence-electron chi connectivity index (χ1n) is 4.56. The molecule has 1 aliphatic rings. The van der Waals surface area contributed by atoms with E-state index in [0.29, 0.717) is 6.42 Å². The summed E-state index contributed by atoms with van der Waals surface area (Å²) in [6.07, 6.45) is 0.395. The van der Waals surface area contributed by atoms with Gasteiger partial charge >= 0.3 is 0 Å². The van der Waals surface area contributed by atoms with Crippen LogP contribution in [0.15, 0.2) is 0 Å². The molecule has 0 spiro atoms. The van der Waals surface area contributed by atoms with Crippen molar-refractivity contribution in [1.29, 1.82) is 0 Å². The molecule has 1 saturated heterocycles. The Morgan fingerprint density at radius 1 is 1.64 bits per heavy atom. The molecule has 0 aromatic carbocycles. The predicted molar refractivity (Wildman–Crippen MR) is 51.5 cm³/mol. The van der Waals surface area contributed by atoms with Gasteiger partial charge in [-0.05, 0) is 13.3 Å². The van der Waals surface area contributed by atoms with E-state index in [0.717, 1.165) is 0 Å². The van der Waals surface area contributed by atoms with Crippen molar-refractivity contribution in [3.05, 3.63) is 0 Å². The van der Waals surface area contributed by atoms with Gasteiger partial charge in [0.25, 0.3) is 0 Å². The van der Waals surface area contributed by atoms with E-state index in [1.54, 1.807) is 6.92 Å². The van der Waals surface area contributed by atoms with Crippen LogP contribution >= 0.6 is 0 Å². The monoisotopic (exact) mass is 221 g/mol. The van der Waals surface area contributed by atoms with E-state index in [2.05, 4.69) is 5.32 Å². The molecule has 2 N–H and O–H groups in total. The maximum absolute atomic E-state index is 11.4. The van der Waals surface area contributed by atoms with E-state index < -0.39 is 15.8 Å². The Balaban J connectivity index is 2.48. The average molecular weight is 221 g/mol. The number of carbonyl (C=O) groups excluding carboxylic acids is 1. The number of amides is 1. The topological polar surface area (TPSA) is 83.5 Å². The van der Waals surface area contributed by atoms with Crippen molar-refractivity contribution >= 4 is 15.7 Å². The van der Waals surface area contributed by atoms with Gasteiger partial charge in [0, 0.05) is 6.04 Å². The van der Waals surface area contributed by atoms with Crippen molar-refractivity contribution in [1.82, 2.24) is 5.32 Å². The number of hydrogen-bond acceptors (Lipinski definition) is 4. The minimum absolute atomic E-state index is 0.0585. The summed E-state index contributed by atoms with van der Waals surface area (Å²) in [7, 11) is -3.01. The molecule has 2 atom stereocenters. The number of aliphatic hydroxyl groups excluding tert-OH is 1. The van der Waals surface area contributed by atoms with Crippen molar-refractivity contribution in [3.8, 4) is 0 Å². The summed E-state index contributed by atoms with van der Waals surface area (Å²) in [5.41, 5.74) is 0. The van der Waals surface area contributed by atoms with Gasteiger partial charge in [-0.1, -0.05) is 0 Å². The zero-order chi connectivity index (χ0) is 10.8. The fourth-order valence-corrected chi connectivity index (χ4v) is 3.15. The summed E-state index contributed by atoms with van der Waals surface area (Å²) < 4.78 is 22.1. The normalized spacial score (nSPS) is 27.1. The van der Waals surface area contributed by atoms with Crippen molar-refractivity contribution in [2.75, 3.05) is 18.1 Å². The Morgan fingerprint density at radius 3 is 2.71 bits per heavy atom. The first kappa shape index (κ1) is 11.5. The largest absolute Gasteiger partial charge is 0.394 e. The van der Waals surface area contributed by atoms with Gasteiger partial charge in [0.05, 0.1) is 24.0 Å². The second kappa shape index (κ2) is 4.27. The first-order chi connectivity index (χ1) is 6.44. The second-order valence-corrected chi connectivity index (χ2v) is 5.92. The Kier molecular flexibility index (Phi) is 3.49. The zero-order valence-electron chi connectivity index (χ0n) is 8.06. The molecule has 1 amide bonds. The molecule has 1 unspecified atom stereocenters. The molecule has 0 aromatic heterocycles. The molecular weight excluding hydrogens is 206 g/mol.